The number of fused-ring (bicyclic) bond motifs is 1. The number of aromatic nitrogens is 2. The van der Waals surface area contributed by atoms with Crippen LogP contribution >= 0.6 is 11.3 Å². The molecule has 9 heteroatoms. The highest BCUT2D eigenvalue weighted by atomic mass is 32.2. The molecule has 0 bridgehead atoms. The lowest BCUT2D eigenvalue weighted by atomic mass is 9.95. The number of hydrogen-bond acceptors (Lipinski definition) is 6. The SMILES string of the molecule is Cc1cc(C)c2nc(NC(=O)c3ccc([C@H]4CCCN(S(C)(=O)=O)C4)nc3)sc2c1. The molecule has 1 aliphatic heterocycles. The lowest BCUT2D eigenvalue weighted by Gasteiger charge is -2.30. The monoisotopic (exact) mass is 444 g/mol. The fraction of sp³-hybridized carbons (Fsp3) is 0.381. The van der Waals surface area contributed by atoms with Crippen molar-refractivity contribution in [2.75, 3.05) is 24.7 Å². The molecular formula is C21H24N4O3S2. The van der Waals surface area contributed by atoms with Crippen LogP contribution in [-0.4, -0.2) is 47.9 Å². The van der Waals surface area contributed by atoms with Crippen LogP contribution in [0.4, 0.5) is 5.13 Å². The van der Waals surface area contributed by atoms with Crippen molar-refractivity contribution in [2.45, 2.75) is 32.6 Å². The third-order valence-electron chi connectivity index (χ3n) is 5.37. The first kappa shape index (κ1) is 20.9. The second kappa shape index (κ2) is 8.05. The van der Waals surface area contributed by atoms with Gasteiger partial charge in [-0.25, -0.2) is 17.7 Å². The fourth-order valence-electron chi connectivity index (χ4n) is 3.86. The standard InChI is InChI=1S/C21H24N4O3S2/c1-13-9-14(2)19-18(10-13)29-21(23-19)24-20(26)15-6-7-17(22-11-15)16-5-4-8-25(12-16)30(3,27)28/h6-7,9-11,16H,4-5,8,12H2,1-3H3,(H,23,24,26)/t16-/m0/s1. The molecule has 3 heterocycles. The van der Waals surface area contributed by atoms with Crippen molar-refractivity contribution >= 4 is 42.6 Å². The Labute approximate surface area is 180 Å². The smallest absolute Gasteiger partial charge is 0.259 e. The van der Waals surface area contributed by atoms with E-state index in [9.17, 15) is 13.2 Å². The van der Waals surface area contributed by atoms with Gasteiger partial charge in [-0.15, -0.1) is 0 Å². The Kier molecular flexibility index (Phi) is 5.61. The highest BCUT2D eigenvalue weighted by Crippen LogP contribution is 2.30. The first-order chi connectivity index (χ1) is 14.2. The highest BCUT2D eigenvalue weighted by Gasteiger charge is 2.27. The topological polar surface area (TPSA) is 92.3 Å². The number of nitrogens with one attached hydrogen (secondary N) is 1. The number of amides is 1. The molecule has 3 aromatic rings. The summed E-state index contributed by atoms with van der Waals surface area (Å²) in [5.41, 5.74) is 4.41. The number of carbonyl (C=O) groups is 1. The number of piperidine rings is 1. The minimum absolute atomic E-state index is 0.0427. The van der Waals surface area contributed by atoms with Gasteiger partial charge in [0.2, 0.25) is 10.0 Å². The Balaban J connectivity index is 1.47. The van der Waals surface area contributed by atoms with Gasteiger partial charge >= 0.3 is 0 Å². The Morgan fingerprint density at radius 2 is 2.07 bits per heavy atom. The maximum absolute atomic E-state index is 12.6. The van der Waals surface area contributed by atoms with Crippen LogP contribution in [0.15, 0.2) is 30.5 Å². The summed E-state index contributed by atoms with van der Waals surface area (Å²) in [6, 6.07) is 7.69. The number of anilines is 1. The summed E-state index contributed by atoms with van der Waals surface area (Å²) in [6.45, 7) is 5.04. The van der Waals surface area contributed by atoms with Crippen molar-refractivity contribution in [1.29, 1.82) is 0 Å². The predicted molar refractivity (Wildman–Crippen MR) is 120 cm³/mol. The summed E-state index contributed by atoms with van der Waals surface area (Å²) in [7, 11) is -3.20. The van der Waals surface area contributed by atoms with Gasteiger partial charge in [-0.05, 0) is 56.0 Å². The van der Waals surface area contributed by atoms with Crippen LogP contribution in [-0.2, 0) is 10.0 Å². The van der Waals surface area contributed by atoms with E-state index in [1.165, 1.54) is 27.5 Å². The van der Waals surface area contributed by atoms with Crippen molar-refractivity contribution in [3.63, 3.8) is 0 Å². The van der Waals surface area contributed by atoms with Gasteiger partial charge in [0.1, 0.15) is 0 Å². The predicted octanol–water partition coefficient (Wildman–Crippen LogP) is 3.70. The lowest BCUT2D eigenvalue weighted by molar-refractivity contribution is 0.102. The summed E-state index contributed by atoms with van der Waals surface area (Å²) in [4.78, 5) is 21.6. The molecule has 4 rings (SSSR count). The van der Waals surface area contributed by atoms with Crippen LogP contribution in [0.5, 0.6) is 0 Å². The zero-order valence-electron chi connectivity index (χ0n) is 17.2. The number of sulfonamides is 1. The molecule has 30 heavy (non-hydrogen) atoms. The van der Waals surface area contributed by atoms with Crippen LogP contribution in [0.25, 0.3) is 10.2 Å². The number of nitrogens with zero attached hydrogens (tertiary/aromatic N) is 3. The molecule has 0 saturated carbocycles. The van der Waals surface area contributed by atoms with Gasteiger partial charge in [-0.1, -0.05) is 17.4 Å². The molecule has 7 nitrogen and oxygen atoms in total. The molecule has 1 fully saturated rings. The third kappa shape index (κ3) is 4.38. The average Bonchev–Trinajstić information content (AvgIpc) is 3.10. The molecule has 1 atom stereocenters. The zero-order chi connectivity index (χ0) is 21.5. The van der Waals surface area contributed by atoms with E-state index in [4.69, 9.17) is 0 Å². The molecule has 1 saturated heterocycles. The van der Waals surface area contributed by atoms with E-state index in [0.29, 0.717) is 23.8 Å². The van der Waals surface area contributed by atoms with E-state index in [1.54, 1.807) is 12.3 Å². The second-order valence-corrected chi connectivity index (χ2v) is 10.8. The maximum atomic E-state index is 12.6. The maximum Gasteiger partial charge on any atom is 0.259 e. The summed E-state index contributed by atoms with van der Waals surface area (Å²) in [5.74, 6) is -0.218. The van der Waals surface area contributed by atoms with Crippen LogP contribution in [0.2, 0.25) is 0 Å². The van der Waals surface area contributed by atoms with E-state index < -0.39 is 10.0 Å². The summed E-state index contributed by atoms with van der Waals surface area (Å²) < 4.78 is 26.2. The minimum Gasteiger partial charge on any atom is -0.298 e. The van der Waals surface area contributed by atoms with Gasteiger partial charge in [0.05, 0.1) is 22.0 Å². The summed E-state index contributed by atoms with van der Waals surface area (Å²) >= 11 is 1.45. The van der Waals surface area contributed by atoms with Crippen LogP contribution < -0.4 is 5.32 Å². The second-order valence-electron chi connectivity index (χ2n) is 7.83. The largest absolute Gasteiger partial charge is 0.298 e. The third-order valence-corrected chi connectivity index (χ3v) is 7.56. The van der Waals surface area contributed by atoms with E-state index in [0.717, 1.165) is 34.3 Å². The normalized spacial score (nSPS) is 17.9. The number of pyridine rings is 1. The summed E-state index contributed by atoms with van der Waals surface area (Å²) in [5, 5.41) is 3.42. The number of hydrogen-bond donors (Lipinski definition) is 1. The zero-order valence-corrected chi connectivity index (χ0v) is 18.8. The van der Waals surface area contributed by atoms with E-state index in [2.05, 4.69) is 27.4 Å². The van der Waals surface area contributed by atoms with Gasteiger partial charge in [-0.3, -0.25) is 15.1 Å². The van der Waals surface area contributed by atoms with Gasteiger partial charge in [0, 0.05) is 30.9 Å². The van der Waals surface area contributed by atoms with Crippen LogP contribution in [0, 0.1) is 13.8 Å². The van der Waals surface area contributed by atoms with Crippen LogP contribution in [0.1, 0.15) is 45.9 Å². The van der Waals surface area contributed by atoms with E-state index in [1.807, 2.05) is 19.9 Å². The Morgan fingerprint density at radius 1 is 1.27 bits per heavy atom. The first-order valence-corrected chi connectivity index (χ1v) is 12.5. The number of aryl methyl sites for hydroxylation is 2. The Hall–Kier alpha value is -2.36. The molecule has 158 valence electrons. The Morgan fingerprint density at radius 3 is 2.77 bits per heavy atom. The molecule has 0 unspecified atom stereocenters. The van der Waals surface area contributed by atoms with Crippen molar-refractivity contribution in [1.82, 2.24) is 14.3 Å². The lowest BCUT2D eigenvalue weighted by Crippen LogP contribution is -2.38. The quantitative estimate of drug-likeness (QED) is 0.662. The van der Waals surface area contributed by atoms with E-state index >= 15 is 0 Å². The molecule has 0 radical (unpaired) electrons. The van der Waals surface area contributed by atoms with Gasteiger partial charge in [-0.2, -0.15) is 0 Å². The molecule has 1 N–H and O–H groups in total. The molecule has 1 amide bonds. The molecular weight excluding hydrogens is 420 g/mol. The van der Waals surface area contributed by atoms with Crippen molar-refractivity contribution < 1.29 is 13.2 Å². The van der Waals surface area contributed by atoms with Gasteiger partial charge < -0.3 is 0 Å². The number of thiazole rings is 1. The van der Waals surface area contributed by atoms with Crippen molar-refractivity contribution in [2.24, 2.45) is 0 Å². The van der Waals surface area contributed by atoms with Gasteiger partial charge in [0.25, 0.3) is 5.91 Å². The number of rotatable bonds is 4. The number of benzene rings is 1. The van der Waals surface area contributed by atoms with Gasteiger partial charge in [0.15, 0.2) is 5.13 Å². The highest BCUT2D eigenvalue weighted by molar-refractivity contribution is 7.88. The van der Waals surface area contributed by atoms with Crippen molar-refractivity contribution in [3.05, 3.63) is 52.8 Å². The fourth-order valence-corrected chi connectivity index (χ4v) is 5.81. The molecule has 1 aliphatic rings. The average molecular weight is 445 g/mol. The van der Waals surface area contributed by atoms with Crippen LogP contribution in [0.3, 0.4) is 0 Å². The van der Waals surface area contributed by atoms with Crippen molar-refractivity contribution in [3.8, 4) is 0 Å². The van der Waals surface area contributed by atoms with E-state index in [-0.39, 0.29) is 11.8 Å². The molecule has 2 aromatic heterocycles. The summed E-state index contributed by atoms with van der Waals surface area (Å²) in [6.07, 6.45) is 4.47. The minimum atomic E-state index is -3.20. The first-order valence-electron chi connectivity index (χ1n) is 9.81. The molecule has 0 aliphatic carbocycles. The molecule has 1 aromatic carbocycles. The number of carbonyl (C=O) groups excluding carboxylic acids is 1. The molecule has 0 spiro atoms. The Bertz CT molecular complexity index is 1200.